The van der Waals surface area contributed by atoms with E-state index >= 15 is 0 Å². The van der Waals surface area contributed by atoms with Crippen molar-refractivity contribution >= 4 is 31.4 Å². The molecule has 7 nitrogen and oxygen atoms in total. The molecule has 0 aliphatic heterocycles. The predicted octanol–water partition coefficient (Wildman–Crippen LogP) is 0.246. The second-order valence-corrected chi connectivity index (χ2v) is 10.9. The maximum Gasteiger partial charge on any atom is 0.250 e. The Balaban J connectivity index is 1.87. The summed E-state index contributed by atoms with van der Waals surface area (Å²) < 4.78 is 52.3. The van der Waals surface area contributed by atoms with Crippen molar-refractivity contribution in [2.75, 3.05) is 18.8 Å². The van der Waals surface area contributed by atoms with Crippen LogP contribution in [0.3, 0.4) is 0 Å². The van der Waals surface area contributed by atoms with Gasteiger partial charge in [0.2, 0.25) is 20.0 Å². The molecular weight excluding hydrogens is 358 g/mol. The quantitative estimate of drug-likeness (QED) is 0.537. The van der Waals surface area contributed by atoms with E-state index in [0.717, 1.165) is 29.1 Å². The van der Waals surface area contributed by atoms with E-state index in [4.69, 9.17) is 5.73 Å². The molecule has 1 heterocycles. The predicted molar refractivity (Wildman–Crippen MR) is 91.4 cm³/mol. The summed E-state index contributed by atoms with van der Waals surface area (Å²) in [7, 11) is -6.77. The average Bonchev–Trinajstić information content (AvgIpc) is 3.24. The topological polar surface area (TPSA) is 118 Å². The normalized spacial score (nSPS) is 17.3. The zero-order valence-corrected chi connectivity index (χ0v) is 15.4. The van der Waals surface area contributed by atoms with Gasteiger partial charge in [-0.1, -0.05) is 0 Å². The standard InChI is InChI=1S/C13H23N3O4S3/c1-2-22(17,18)15-8-7-11-5-6-13(21-11)23(19,20)16-9-12(14)10-3-4-10/h5-6,10,12,15-16H,2-4,7-9,14H2,1H3. The number of hydrogen-bond donors (Lipinski definition) is 3. The monoisotopic (exact) mass is 381 g/mol. The molecule has 1 aliphatic carbocycles. The van der Waals surface area contributed by atoms with Gasteiger partial charge < -0.3 is 5.73 Å². The molecule has 0 amide bonds. The second kappa shape index (κ2) is 7.58. The van der Waals surface area contributed by atoms with Crippen LogP contribution in [0, 0.1) is 5.92 Å². The molecule has 1 atom stereocenters. The van der Waals surface area contributed by atoms with Crippen molar-refractivity contribution in [2.45, 2.75) is 36.4 Å². The van der Waals surface area contributed by atoms with Crippen molar-refractivity contribution in [1.82, 2.24) is 9.44 Å². The van der Waals surface area contributed by atoms with Gasteiger partial charge in [-0.15, -0.1) is 11.3 Å². The Labute approximate surface area is 141 Å². The molecular formula is C13H23N3O4S3. The first-order valence-electron chi connectivity index (χ1n) is 7.55. The van der Waals surface area contributed by atoms with Gasteiger partial charge in [-0.05, 0) is 44.2 Å². The lowest BCUT2D eigenvalue weighted by atomic mass is 10.2. The van der Waals surface area contributed by atoms with Gasteiger partial charge in [0.25, 0.3) is 0 Å². The Morgan fingerprint density at radius 2 is 1.96 bits per heavy atom. The Hall–Kier alpha value is -0.520. The van der Waals surface area contributed by atoms with Gasteiger partial charge in [0.1, 0.15) is 4.21 Å². The maximum atomic E-state index is 12.2. The number of rotatable bonds is 10. The summed E-state index contributed by atoms with van der Waals surface area (Å²) in [6.45, 7) is 2.07. The molecule has 1 unspecified atom stereocenters. The third-order valence-corrected chi connectivity index (χ3v) is 8.18. The first-order chi connectivity index (χ1) is 10.7. The summed E-state index contributed by atoms with van der Waals surface area (Å²) in [6, 6.07) is 3.12. The second-order valence-electron chi connectivity index (χ2n) is 5.62. The zero-order chi connectivity index (χ0) is 17.1. The maximum absolute atomic E-state index is 12.2. The summed E-state index contributed by atoms with van der Waals surface area (Å²) in [5.41, 5.74) is 5.90. The molecule has 132 valence electrons. The average molecular weight is 382 g/mol. The van der Waals surface area contributed by atoms with Gasteiger partial charge in [0, 0.05) is 24.0 Å². The highest BCUT2D eigenvalue weighted by Crippen LogP contribution is 2.31. The van der Waals surface area contributed by atoms with Crippen LogP contribution in [0.1, 0.15) is 24.6 Å². The van der Waals surface area contributed by atoms with Crippen molar-refractivity contribution in [2.24, 2.45) is 11.7 Å². The number of sulfonamides is 2. The van der Waals surface area contributed by atoms with Gasteiger partial charge in [-0.2, -0.15) is 0 Å². The molecule has 1 aliphatic rings. The highest BCUT2D eigenvalue weighted by Gasteiger charge is 2.29. The summed E-state index contributed by atoms with van der Waals surface area (Å²) in [6.07, 6.45) is 2.60. The molecule has 1 aromatic heterocycles. The van der Waals surface area contributed by atoms with E-state index in [1.165, 1.54) is 0 Å². The fourth-order valence-electron chi connectivity index (χ4n) is 2.04. The van der Waals surface area contributed by atoms with E-state index in [-0.39, 0.29) is 29.1 Å². The highest BCUT2D eigenvalue weighted by molar-refractivity contribution is 7.91. The van der Waals surface area contributed by atoms with Crippen molar-refractivity contribution < 1.29 is 16.8 Å². The Bertz CT molecular complexity index is 723. The van der Waals surface area contributed by atoms with Crippen LogP contribution in [0.4, 0.5) is 0 Å². The molecule has 10 heteroatoms. The summed E-state index contributed by atoms with van der Waals surface area (Å²) in [4.78, 5) is 0.815. The fraction of sp³-hybridized carbons (Fsp3) is 0.692. The van der Waals surface area contributed by atoms with Crippen molar-refractivity contribution in [1.29, 1.82) is 0 Å². The van der Waals surface area contributed by atoms with Crippen LogP contribution in [-0.2, 0) is 26.5 Å². The minimum atomic E-state index is -3.55. The Morgan fingerprint density at radius 3 is 2.57 bits per heavy atom. The van der Waals surface area contributed by atoms with E-state index in [1.54, 1.807) is 19.1 Å². The van der Waals surface area contributed by atoms with Crippen LogP contribution in [0.25, 0.3) is 0 Å². The Morgan fingerprint density at radius 1 is 1.26 bits per heavy atom. The Kier molecular flexibility index (Phi) is 6.20. The molecule has 0 spiro atoms. The molecule has 0 saturated heterocycles. The number of nitrogens with two attached hydrogens (primary N) is 1. The first-order valence-corrected chi connectivity index (χ1v) is 11.5. The van der Waals surface area contributed by atoms with Crippen LogP contribution >= 0.6 is 11.3 Å². The lowest BCUT2D eigenvalue weighted by Gasteiger charge is -2.11. The van der Waals surface area contributed by atoms with E-state index in [9.17, 15) is 16.8 Å². The number of nitrogens with one attached hydrogen (secondary N) is 2. The van der Waals surface area contributed by atoms with E-state index < -0.39 is 20.0 Å². The SMILES string of the molecule is CCS(=O)(=O)NCCc1ccc(S(=O)(=O)NCC(N)C2CC2)s1. The van der Waals surface area contributed by atoms with E-state index in [1.807, 2.05) is 0 Å². The minimum absolute atomic E-state index is 0.0300. The largest absolute Gasteiger partial charge is 0.326 e. The molecule has 1 saturated carbocycles. The summed E-state index contributed by atoms with van der Waals surface area (Å²) >= 11 is 1.15. The summed E-state index contributed by atoms with van der Waals surface area (Å²) in [5.74, 6) is 0.464. The number of thiophene rings is 1. The van der Waals surface area contributed by atoms with Gasteiger partial charge >= 0.3 is 0 Å². The van der Waals surface area contributed by atoms with E-state index in [2.05, 4.69) is 9.44 Å². The van der Waals surface area contributed by atoms with Crippen molar-refractivity contribution in [3.05, 3.63) is 17.0 Å². The van der Waals surface area contributed by atoms with Crippen molar-refractivity contribution in [3.8, 4) is 0 Å². The van der Waals surface area contributed by atoms with Gasteiger partial charge in [-0.25, -0.2) is 26.3 Å². The molecule has 4 N–H and O–H groups in total. The van der Waals surface area contributed by atoms with Crippen LogP contribution in [0.15, 0.2) is 16.3 Å². The molecule has 0 radical (unpaired) electrons. The van der Waals surface area contributed by atoms with E-state index in [0.29, 0.717) is 12.3 Å². The third kappa shape index (κ3) is 5.80. The van der Waals surface area contributed by atoms with Gasteiger partial charge in [0.15, 0.2) is 0 Å². The van der Waals surface area contributed by atoms with Gasteiger partial charge in [-0.3, -0.25) is 0 Å². The lowest BCUT2D eigenvalue weighted by molar-refractivity contribution is 0.549. The minimum Gasteiger partial charge on any atom is -0.326 e. The fourth-order valence-corrected chi connectivity index (χ4v) is 5.13. The molecule has 0 bridgehead atoms. The van der Waals surface area contributed by atoms with Crippen LogP contribution in [0.5, 0.6) is 0 Å². The highest BCUT2D eigenvalue weighted by atomic mass is 32.2. The molecule has 2 rings (SSSR count). The molecule has 0 aromatic carbocycles. The van der Waals surface area contributed by atoms with Crippen molar-refractivity contribution in [3.63, 3.8) is 0 Å². The zero-order valence-electron chi connectivity index (χ0n) is 13.0. The van der Waals surface area contributed by atoms with Crippen LogP contribution < -0.4 is 15.2 Å². The lowest BCUT2D eigenvalue weighted by Crippen LogP contribution is -2.38. The van der Waals surface area contributed by atoms with Crippen LogP contribution in [-0.4, -0.2) is 41.7 Å². The molecule has 1 aromatic rings. The number of hydrogen-bond acceptors (Lipinski definition) is 6. The third-order valence-electron chi connectivity index (χ3n) is 3.71. The summed E-state index contributed by atoms with van der Waals surface area (Å²) in [5, 5.41) is 0. The molecule has 1 fully saturated rings. The van der Waals surface area contributed by atoms with Gasteiger partial charge in [0.05, 0.1) is 5.75 Å². The first kappa shape index (κ1) is 18.8. The smallest absolute Gasteiger partial charge is 0.250 e. The van der Waals surface area contributed by atoms with Crippen LogP contribution in [0.2, 0.25) is 0 Å². The molecule has 23 heavy (non-hydrogen) atoms.